The van der Waals surface area contributed by atoms with Gasteiger partial charge in [0.15, 0.2) is 4.54 Å². The maximum absolute atomic E-state index is 10.9. The Morgan fingerprint density at radius 3 is 2.91 bits per heavy atom. The summed E-state index contributed by atoms with van der Waals surface area (Å²) in [6.07, 6.45) is 0. The Morgan fingerprint density at radius 1 is 1.73 bits per heavy atom. The fraction of sp³-hybridized carbons (Fsp3) is 0.333. The predicted octanol–water partition coefficient (Wildman–Crippen LogP) is -0.172. The van der Waals surface area contributed by atoms with E-state index >= 15 is 0 Å². The van der Waals surface area contributed by atoms with Gasteiger partial charge in [-0.15, -0.1) is 0 Å². The monoisotopic (exact) mass is 156 g/mol. The highest BCUT2D eigenvalue weighted by molar-refractivity contribution is 5.46. The second kappa shape index (κ2) is 2.61. The molecule has 1 rings (SSSR count). The highest BCUT2D eigenvalue weighted by Gasteiger charge is 2.08. The molecule has 3 N–H and O–H groups in total. The lowest BCUT2D eigenvalue weighted by molar-refractivity contribution is -0.572. The topological polar surface area (TPSA) is 74.0 Å². The molecule has 0 radical (unpaired) electrons. The van der Waals surface area contributed by atoms with Crippen LogP contribution in [0.15, 0.2) is 6.07 Å². The number of aromatic nitrogens is 2. The van der Waals surface area contributed by atoms with Crippen LogP contribution in [-0.2, 0) is 0 Å². The third-order valence-electron chi connectivity index (χ3n) is 1.35. The number of aromatic amines is 1. The minimum Gasteiger partial charge on any atom is -0.477 e. The summed E-state index contributed by atoms with van der Waals surface area (Å²) < 4.78 is 5.37. The van der Waals surface area contributed by atoms with Crippen LogP contribution in [0.25, 0.3) is 0 Å². The van der Waals surface area contributed by atoms with Gasteiger partial charge in [0.2, 0.25) is 0 Å². The normalized spacial score (nSPS) is 9.64. The molecule has 5 heteroatoms. The van der Waals surface area contributed by atoms with E-state index in [1.165, 1.54) is 7.11 Å². The number of hydrogen-bond acceptors (Lipinski definition) is 3. The Bertz CT molecular complexity index is 318. The zero-order chi connectivity index (χ0) is 8.43. The molecule has 0 aromatic carbocycles. The molecule has 0 bridgehead atoms. The van der Waals surface area contributed by atoms with Crippen molar-refractivity contribution < 1.29 is 9.28 Å². The summed E-state index contributed by atoms with van der Waals surface area (Å²) >= 11 is 0. The van der Waals surface area contributed by atoms with Gasteiger partial charge in [0.05, 0.1) is 12.0 Å². The molecule has 0 aliphatic heterocycles. The molecule has 60 valence electrons. The molecule has 0 aliphatic rings. The summed E-state index contributed by atoms with van der Waals surface area (Å²) in [7, 11) is 1.44. The van der Waals surface area contributed by atoms with Gasteiger partial charge in [-0.1, -0.05) is 5.10 Å². The van der Waals surface area contributed by atoms with E-state index in [-0.39, 0.29) is 5.88 Å². The predicted molar refractivity (Wildman–Crippen MR) is 39.9 cm³/mol. The second-order valence-corrected chi connectivity index (χ2v) is 2.18. The van der Waals surface area contributed by atoms with Crippen LogP contribution in [0.1, 0.15) is 5.69 Å². The van der Waals surface area contributed by atoms with Crippen LogP contribution < -0.4 is 15.0 Å². The molecule has 1 aromatic heterocycles. The lowest BCUT2D eigenvalue weighted by atomic mass is 10.4. The van der Waals surface area contributed by atoms with Crippen molar-refractivity contribution >= 4 is 5.69 Å². The SMILES string of the molecule is COc1[nH][n+](=O)c(C)cc1N. The molecule has 0 saturated carbocycles. The van der Waals surface area contributed by atoms with E-state index in [4.69, 9.17) is 10.5 Å². The number of nitrogens with two attached hydrogens (primary N) is 1. The molecule has 0 spiro atoms. The average Bonchev–Trinajstić information content (AvgIpc) is 1.97. The zero-order valence-electron chi connectivity index (χ0n) is 6.42. The number of methoxy groups -OCH3 is 1. The first-order valence-corrected chi connectivity index (χ1v) is 3.11. The Balaban J connectivity index is 3.32. The van der Waals surface area contributed by atoms with Crippen molar-refractivity contribution in [1.29, 1.82) is 0 Å². The van der Waals surface area contributed by atoms with Crippen LogP contribution in [0.3, 0.4) is 0 Å². The van der Waals surface area contributed by atoms with Gasteiger partial charge in [0.1, 0.15) is 5.69 Å². The summed E-state index contributed by atoms with van der Waals surface area (Å²) in [6, 6.07) is 1.54. The maximum atomic E-state index is 10.9. The van der Waals surface area contributed by atoms with E-state index in [1.807, 2.05) is 0 Å². The van der Waals surface area contributed by atoms with E-state index in [1.54, 1.807) is 13.0 Å². The molecule has 1 aromatic rings. The fourth-order valence-corrected chi connectivity index (χ4v) is 0.758. The van der Waals surface area contributed by atoms with E-state index in [0.29, 0.717) is 15.9 Å². The number of nitrogens with one attached hydrogen (secondary N) is 1. The molecule has 11 heavy (non-hydrogen) atoms. The van der Waals surface area contributed by atoms with Crippen LogP contribution in [0.5, 0.6) is 5.88 Å². The largest absolute Gasteiger partial charge is 0.477 e. The molecular weight excluding hydrogens is 146 g/mol. The zero-order valence-corrected chi connectivity index (χ0v) is 6.42. The van der Waals surface area contributed by atoms with Gasteiger partial charge < -0.3 is 10.5 Å². The van der Waals surface area contributed by atoms with Crippen LogP contribution in [0.4, 0.5) is 5.69 Å². The van der Waals surface area contributed by atoms with Crippen molar-refractivity contribution in [2.45, 2.75) is 6.92 Å². The van der Waals surface area contributed by atoms with Crippen molar-refractivity contribution in [3.05, 3.63) is 16.7 Å². The third-order valence-corrected chi connectivity index (χ3v) is 1.35. The number of H-pyrrole nitrogens is 1. The van der Waals surface area contributed by atoms with E-state index in [9.17, 15) is 4.91 Å². The number of nitrogen functional groups attached to an aromatic ring is 1. The molecular formula is C6H10N3O2+. The summed E-state index contributed by atoms with van der Waals surface area (Å²) in [5.74, 6) is 0.283. The highest BCUT2D eigenvalue weighted by Crippen LogP contribution is 2.13. The summed E-state index contributed by atoms with van der Waals surface area (Å²) in [5, 5.41) is 2.41. The molecule has 5 nitrogen and oxygen atoms in total. The Hall–Kier alpha value is -1.52. The second-order valence-electron chi connectivity index (χ2n) is 2.18. The quantitative estimate of drug-likeness (QED) is 0.554. The Labute approximate surface area is 63.4 Å². The van der Waals surface area contributed by atoms with Crippen molar-refractivity contribution in [1.82, 2.24) is 5.10 Å². The number of rotatable bonds is 1. The van der Waals surface area contributed by atoms with Gasteiger partial charge in [0, 0.05) is 13.0 Å². The highest BCUT2D eigenvalue weighted by atomic mass is 16.5. The molecule has 1 heterocycles. The van der Waals surface area contributed by atoms with Gasteiger partial charge in [0.25, 0.3) is 11.6 Å². The number of anilines is 1. The number of aryl methyl sites for hydroxylation is 1. The Kier molecular flexibility index (Phi) is 1.80. The van der Waals surface area contributed by atoms with E-state index < -0.39 is 0 Å². The minimum atomic E-state index is 0.283. The van der Waals surface area contributed by atoms with Crippen molar-refractivity contribution in [3.63, 3.8) is 0 Å². The van der Waals surface area contributed by atoms with Gasteiger partial charge >= 0.3 is 0 Å². The van der Waals surface area contributed by atoms with E-state index in [2.05, 4.69) is 5.10 Å². The van der Waals surface area contributed by atoms with Crippen LogP contribution >= 0.6 is 0 Å². The fourth-order valence-electron chi connectivity index (χ4n) is 0.758. The molecule has 0 atom stereocenters. The molecule has 0 aliphatic carbocycles. The first-order valence-electron chi connectivity index (χ1n) is 3.11. The van der Waals surface area contributed by atoms with Gasteiger partial charge in [-0.05, 0) is 0 Å². The smallest absolute Gasteiger partial charge is 0.271 e. The van der Waals surface area contributed by atoms with E-state index in [0.717, 1.165) is 0 Å². The van der Waals surface area contributed by atoms with Gasteiger partial charge in [-0.2, -0.15) is 0 Å². The van der Waals surface area contributed by atoms with Crippen LogP contribution in [-0.4, -0.2) is 12.2 Å². The average molecular weight is 156 g/mol. The van der Waals surface area contributed by atoms with Crippen molar-refractivity contribution in [3.8, 4) is 5.88 Å². The summed E-state index contributed by atoms with van der Waals surface area (Å²) in [5.41, 5.74) is 6.42. The van der Waals surface area contributed by atoms with Gasteiger partial charge in [-0.25, -0.2) is 0 Å². The molecule has 0 fully saturated rings. The lowest BCUT2D eigenvalue weighted by Gasteiger charge is -1.97. The van der Waals surface area contributed by atoms with Crippen LogP contribution in [0.2, 0.25) is 0 Å². The molecule has 0 amide bonds. The summed E-state index contributed by atoms with van der Waals surface area (Å²) in [6.45, 7) is 1.65. The molecule has 0 saturated heterocycles. The molecule has 0 unspecified atom stereocenters. The Morgan fingerprint density at radius 2 is 2.36 bits per heavy atom. The number of ether oxygens (including phenoxy) is 1. The summed E-state index contributed by atoms with van der Waals surface area (Å²) in [4.78, 5) is 10.9. The number of hydrogen-bond donors (Lipinski definition) is 2. The first kappa shape index (κ1) is 7.59. The van der Waals surface area contributed by atoms with Gasteiger partial charge in [-0.3, -0.25) is 0 Å². The number of nitrogens with zero attached hydrogens (tertiary/aromatic N) is 1. The maximum Gasteiger partial charge on any atom is 0.271 e. The van der Waals surface area contributed by atoms with Crippen LogP contribution in [0, 0.1) is 11.8 Å². The van der Waals surface area contributed by atoms with Crippen molar-refractivity contribution in [2.24, 2.45) is 0 Å². The van der Waals surface area contributed by atoms with Crippen molar-refractivity contribution in [2.75, 3.05) is 12.8 Å². The third kappa shape index (κ3) is 1.31. The standard InChI is InChI=1S/C6H10N3O2/c1-4-3-5(7)6(11-2)8-9(4)10/h3H,7H2,1-2H3,(H,8,10)/q+1. The lowest BCUT2D eigenvalue weighted by Crippen LogP contribution is -2.24. The minimum absolute atomic E-state index is 0.283. The first-order chi connectivity index (χ1) is 5.15.